The number of aryl methyl sites for hydroxylation is 1. The second kappa shape index (κ2) is 9.33. The van der Waals surface area contributed by atoms with Gasteiger partial charge >= 0.3 is 0 Å². The van der Waals surface area contributed by atoms with Crippen molar-refractivity contribution < 1.29 is 18.0 Å². The van der Waals surface area contributed by atoms with Gasteiger partial charge in [-0.15, -0.1) is 0 Å². The third-order valence-electron chi connectivity index (χ3n) is 6.30. The SMILES string of the molecule is Cc1ccc(N2C(=O)CC(N(C3CCCCCC3)S(=O)(=O)c3ccc(Cl)cc3)C2=O)cc1. The molecule has 0 aromatic heterocycles. The molecule has 170 valence electrons. The van der Waals surface area contributed by atoms with Crippen molar-refractivity contribution in [3.8, 4) is 0 Å². The lowest BCUT2D eigenvalue weighted by Crippen LogP contribution is -2.50. The van der Waals surface area contributed by atoms with Crippen LogP contribution in [0.5, 0.6) is 0 Å². The van der Waals surface area contributed by atoms with E-state index in [4.69, 9.17) is 11.6 Å². The number of carbonyl (C=O) groups excluding carboxylic acids is 2. The molecule has 1 unspecified atom stereocenters. The molecular weight excluding hydrogens is 448 g/mol. The summed E-state index contributed by atoms with van der Waals surface area (Å²) in [5, 5.41) is 0.433. The Kier molecular flexibility index (Phi) is 6.70. The number of sulfonamides is 1. The molecule has 6 nitrogen and oxygen atoms in total. The summed E-state index contributed by atoms with van der Waals surface area (Å²) >= 11 is 5.97. The van der Waals surface area contributed by atoms with E-state index in [-0.39, 0.29) is 23.3 Å². The Bertz CT molecular complexity index is 1090. The molecule has 4 rings (SSSR count). The van der Waals surface area contributed by atoms with Crippen molar-refractivity contribution in [1.82, 2.24) is 4.31 Å². The molecule has 2 aromatic rings. The zero-order valence-corrected chi connectivity index (χ0v) is 19.6. The van der Waals surface area contributed by atoms with Crippen molar-refractivity contribution in [2.45, 2.75) is 68.8 Å². The predicted octanol–water partition coefficient (Wildman–Crippen LogP) is 4.69. The summed E-state index contributed by atoms with van der Waals surface area (Å²) in [5.41, 5.74) is 1.48. The Morgan fingerprint density at radius 2 is 1.50 bits per heavy atom. The van der Waals surface area contributed by atoms with Gasteiger partial charge in [0.1, 0.15) is 6.04 Å². The lowest BCUT2D eigenvalue weighted by Gasteiger charge is -2.33. The zero-order chi connectivity index (χ0) is 22.9. The molecular formula is C24H27ClN2O4S. The number of anilines is 1. The molecule has 0 bridgehead atoms. The van der Waals surface area contributed by atoms with Crippen LogP contribution in [-0.4, -0.2) is 36.6 Å². The minimum absolute atomic E-state index is 0.0835. The fourth-order valence-electron chi connectivity index (χ4n) is 4.64. The standard InChI is InChI=1S/C24H27ClN2O4S/c1-17-8-12-19(13-9-17)26-23(28)16-22(24(26)29)27(20-6-4-2-3-5-7-20)32(30,31)21-14-10-18(25)11-15-21/h8-15,20,22H,2-7,16H2,1H3. The molecule has 0 N–H and O–H groups in total. The van der Waals surface area contributed by atoms with Gasteiger partial charge in [0.2, 0.25) is 15.9 Å². The van der Waals surface area contributed by atoms with Gasteiger partial charge in [-0.3, -0.25) is 9.59 Å². The van der Waals surface area contributed by atoms with Crippen LogP contribution in [0.15, 0.2) is 53.4 Å². The number of hydrogen-bond donors (Lipinski definition) is 0. The molecule has 1 saturated heterocycles. The van der Waals surface area contributed by atoms with E-state index in [1.807, 2.05) is 19.1 Å². The number of rotatable bonds is 5. The van der Waals surface area contributed by atoms with E-state index in [1.54, 1.807) is 12.1 Å². The molecule has 1 aliphatic carbocycles. The Morgan fingerprint density at radius 3 is 2.09 bits per heavy atom. The minimum atomic E-state index is -4.01. The van der Waals surface area contributed by atoms with Crippen LogP contribution < -0.4 is 4.90 Å². The van der Waals surface area contributed by atoms with Gasteiger partial charge in [0, 0.05) is 11.1 Å². The minimum Gasteiger partial charge on any atom is -0.274 e. The molecule has 2 aliphatic rings. The van der Waals surface area contributed by atoms with Gasteiger partial charge in [0.15, 0.2) is 0 Å². The summed E-state index contributed by atoms with van der Waals surface area (Å²) in [5.74, 6) is -0.866. The van der Waals surface area contributed by atoms with Crippen LogP contribution in [0.25, 0.3) is 0 Å². The van der Waals surface area contributed by atoms with E-state index in [1.165, 1.54) is 28.6 Å². The topological polar surface area (TPSA) is 74.8 Å². The van der Waals surface area contributed by atoms with Crippen molar-refractivity contribution in [3.63, 3.8) is 0 Å². The van der Waals surface area contributed by atoms with E-state index >= 15 is 0 Å². The molecule has 1 saturated carbocycles. The average molecular weight is 475 g/mol. The first-order valence-corrected chi connectivity index (χ1v) is 12.8. The highest BCUT2D eigenvalue weighted by Crippen LogP contribution is 2.35. The highest BCUT2D eigenvalue weighted by atomic mass is 35.5. The van der Waals surface area contributed by atoms with E-state index < -0.39 is 22.0 Å². The van der Waals surface area contributed by atoms with Crippen LogP contribution in [0.2, 0.25) is 5.02 Å². The number of benzene rings is 2. The van der Waals surface area contributed by atoms with Crippen LogP contribution in [0, 0.1) is 6.92 Å². The first kappa shape index (κ1) is 23.0. The molecule has 0 spiro atoms. The lowest BCUT2D eigenvalue weighted by atomic mass is 10.1. The highest BCUT2D eigenvalue weighted by molar-refractivity contribution is 7.89. The van der Waals surface area contributed by atoms with Gasteiger partial charge in [0.25, 0.3) is 5.91 Å². The van der Waals surface area contributed by atoms with Crippen LogP contribution in [0.4, 0.5) is 5.69 Å². The molecule has 2 aromatic carbocycles. The van der Waals surface area contributed by atoms with Crippen molar-refractivity contribution in [2.75, 3.05) is 4.90 Å². The fourth-order valence-corrected chi connectivity index (χ4v) is 6.59. The van der Waals surface area contributed by atoms with Crippen molar-refractivity contribution in [2.24, 2.45) is 0 Å². The first-order valence-electron chi connectivity index (χ1n) is 11.0. The number of hydrogen-bond acceptors (Lipinski definition) is 4. The first-order chi connectivity index (χ1) is 15.3. The molecule has 2 fully saturated rings. The average Bonchev–Trinajstić information content (AvgIpc) is 2.93. The van der Waals surface area contributed by atoms with Gasteiger partial charge in [-0.1, -0.05) is 55.0 Å². The Hall–Kier alpha value is -2.22. The Balaban J connectivity index is 1.74. The molecule has 1 aliphatic heterocycles. The summed E-state index contributed by atoms with van der Waals surface area (Å²) in [6.45, 7) is 1.92. The van der Waals surface area contributed by atoms with E-state index in [2.05, 4.69) is 0 Å². The predicted molar refractivity (Wildman–Crippen MR) is 124 cm³/mol. The maximum Gasteiger partial charge on any atom is 0.252 e. The summed E-state index contributed by atoms with van der Waals surface area (Å²) in [6, 6.07) is 11.7. The van der Waals surface area contributed by atoms with Crippen LogP contribution in [0.1, 0.15) is 50.5 Å². The highest BCUT2D eigenvalue weighted by Gasteiger charge is 2.49. The van der Waals surface area contributed by atoms with Gasteiger partial charge in [-0.05, 0) is 56.2 Å². The van der Waals surface area contributed by atoms with Crippen LogP contribution >= 0.6 is 11.6 Å². The smallest absolute Gasteiger partial charge is 0.252 e. The van der Waals surface area contributed by atoms with E-state index in [9.17, 15) is 18.0 Å². The molecule has 8 heteroatoms. The quantitative estimate of drug-likeness (QED) is 0.465. The van der Waals surface area contributed by atoms with Crippen LogP contribution in [0.3, 0.4) is 0 Å². The second-order valence-corrected chi connectivity index (χ2v) is 10.8. The Morgan fingerprint density at radius 1 is 0.906 bits per heavy atom. The number of amides is 2. The largest absolute Gasteiger partial charge is 0.274 e. The molecule has 1 atom stereocenters. The molecule has 1 heterocycles. The van der Waals surface area contributed by atoms with Gasteiger partial charge < -0.3 is 0 Å². The maximum absolute atomic E-state index is 13.8. The van der Waals surface area contributed by atoms with Crippen molar-refractivity contribution in [1.29, 1.82) is 0 Å². The van der Waals surface area contributed by atoms with E-state index in [0.717, 1.165) is 36.1 Å². The zero-order valence-electron chi connectivity index (χ0n) is 18.0. The Labute approximate surface area is 194 Å². The van der Waals surface area contributed by atoms with Crippen molar-refractivity contribution >= 4 is 39.1 Å². The summed E-state index contributed by atoms with van der Waals surface area (Å²) in [7, 11) is -4.01. The van der Waals surface area contributed by atoms with Gasteiger partial charge in [0.05, 0.1) is 17.0 Å². The van der Waals surface area contributed by atoms with Gasteiger partial charge in [-0.2, -0.15) is 4.31 Å². The van der Waals surface area contributed by atoms with Gasteiger partial charge in [-0.25, -0.2) is 13.3 Å². The fraction of sp³-hybridized carbons (Fsp3) is 0.417. The number of imide groups is 1. The second-order valence-electron chi connectivity index (χ2n) is 8.56. The van der Waals surface area contributed by atoms with E-state index in [0.29, 0.717) is 23.6 Å². The van der Waals surface area contributed by atoms with Crippen molar-refractivity contribution in [3.05, 3.63) is 59.1 Å². The molecule has 0 radical (unpaired) electrons. The summed E-state index contributed by atoms with van der Waals surface area (Å²) in [6.07, 6.45) is 5.07. The summed E-state index contributed by atoms with van der Waals surface area (Å²) in [4.78, 5) is 27.6. The number of halogens is 1. The molecule has 2 amide bonds. The number of nitrogens with zero attached hydrogens (tertiary/aromatic N) is 2. The number of carbonyl (C=O) groups is 2. The monoisotopic (exact) mass is 474 g/mol. The lowest BCUT2D eigenvalue weighted by molar-refractivity contribution is -0.122. The third kappa shape index (κ3) is 4.47. The maximum atomic E-state index is 13.8. The third-order valence-corrected chi connectivity index (χ3v) is 8.52. The molecule has 32 heavy (non-hydrogen) atoms. The normalized spacial score (nSPS) is 20.7. The summed E-state index contributed by atoms with van der Waals surface area (Å²) < 4.78 is 28.9. The van der Waals surface area contributed by atoms with Crippen LogP contribution in [-0.2, 0) is 19.6 Å².